The summed E-state index contributed by atoms with van der Waals surface area (Å²) in [6, 6.07) is 3.96. The monoisotopic (exact) mass is 274 g/mol. The van der Waals surface area contributed by atoms with Gasteiger partial charge in [0.05, 0.1) is 6.33 Å². The van der Waals surface area contributed by atoms with Gasteiger partial charge in [0.2, 0.25) is 0 Å². The van der Waals surface area contributed by atoms with E-state index in [9.17, 15) is 9.59 Å². The number of aromatic amines is 1. The van der Waals surface area contributed by atoms with Gasteiger partial charge in [-0.1, -0.05) is 6.07 Å². The maximum atomic E-state index is 12.0. The molecule has 0 fully saturated rings. The normalized spacial score (nSPS) is 11.8. The Kier molecular flexibility index (Phi) is 4.09. The molecule has 1 amide bonds. The van der Waals surface area contributed by atoms with E-state index in [-0.39, 0.29) is 12.1 Å². The third kappa shape index (κ3) is 3.41. The molecule has 0 bridgehead atoms. The Morgan fingerprint density at radius 3 is 2.85 bits per heavy atom. The summed E-state index contributed by atoms with van der Waals surface area (Å²) in [7, 11) is 0. The van der Waals surface area contributed by atoms with Crippen molar-refractivity contribution in [3.8, 4) is 0 Å². The first-order valence-electron chi connectivity index (χ1n) is 6.01. The number of rotatable bonds is 5. The lowest BCUT2D eigenvalue weighted by Gasteiger charge is -2.13. The van der Waals surface area contributed by atoms with Gasteiger partial charge in [-0.15, -0.1) is 0 Å². The minimum absolute atomic E-state index is 0.132. The summed E-state index contributed by atoms with van der Waals surface area (Å²) in [5.41, 5.74) is 1.52. The van der Waals surface area contributed by atoms with Gasteiger partial charge in [-0.3, -0.25) is 4.79 Å². The predicted molar refractivity (Wildman–Crippen MR) is 70.2 cm³/mol. The summed E-state index contributed by atoms with van der Waals surface area (Å²) in [6.07, 6.45) is 3.11. The molecule has 7 nitrogen and oxygen atoms in total. The minimum atomic E-state index is -1.11. The molecule has 0 aliphatic heterocycles. The van der Waals surface area contributed by atoms with Gasteiger partial charge in [0.1, 0.15) is 11.7 Å². The number of nitrogens with one attached hydrogen (secondary N) is 2. The summed E-state index contributed by atoms with van der Waals surface area (Å²) in [5, 5.41) is 11.6. The highest BCUT2D eigenvalue weighted by atomic mass is 16.4. The van der Waals surface area contributed by atoms with E-state index in [0.29, 0.717) is 11.4 Å². The fourth-order valence-corrected chi connectivity index (χ4v) is 1.72. The van der Waals surface area contributed by atoms with Gasteiger partial charge >= 0.3 is 5.97 Å². The molecule has 0 saturated heterocycles. The number of aliphatic carboxylic acids is 1. The number of hydrogen-bond acceptors (Lipinski definition) is 4. The van der Waals surface area contributed by atoms with Gasteiger partial charge in [0.25, 0.3) is 5.91 Å². The first kappa shape index (κ1) is 13.7. The first-order chi connectivity index (χ1) is 9.56. The number of carbonyl (C=O) groups excluding carboxylic acids is 1. The van der Waals surface area contributed by atoms with Crippen molar-refractivity contribution in [1.29, 1.82) is 0 Å². The number of hydrogen-bond donors (Lipinski definition) is 3. The number of imidazole rings is 1. The van der Waals surface area contributed by atoms with Crippen molar-refractivity contribution in [2.24, 2.45) is 0 Å². The molecule has 0 unspecified atom stereocenters. The average Bonchev–Trinajstić information content (AvgIpc) is 2.90. The summed E-state index contributed by atoms with van der Waals surface area (Å²) in [4.78, 5) is 33.8. The van der Waals surface area contributed by atoms with Crippen molar-refractivity contribution in [2.45, 2.75) is 19.4 Å². The van der Waals surface area contributed by atoms with E-state index in [1.54, 1.807) is 19.1 Å². The van der Waals surface area contributed by atoms with Gasteiger partial charge in [-0.05, 0) is 19.1 Å². The molecule has 7 heteroatoms. The van der Waals surface area contributed by atoms with Crippen LogP contribution in [0.3, 0.4) is 0 Å². The fourth-order valence-electron chi connectivity index (χ4n) is 1.72. The highest BCUT2D eigenvalue weighted by Crippen LogP contribution is 2.02. The lowest BCUT2D eigenvalue weighted by molar-refractivity contribution is -0.139. The second-order valence-corrected chi connectivity index (χ2v) is 4.31. The van der Waals surface area contributed by atoms with Crippen LogP contribution in [0.5, 0.6) is 0 Å². The Balaban J connectivity index is 2.08. The summed E-state index contributed by atoms with van der Waals surface area (Å²) >= 11 is 0. The lowest BCUT2D eigenvalue weighted by Crippen LogP contribution is -2.42. The van der Waals surface area contributed by atoms with E-state index in [2.05, 4.69) is 20.3 Å². The summed E-state index contributed by atoms with van der Waals surface area (Å²) < 4.78 is 0. The first-order valence-corrected chi connectivity index (χ1v) is 6.01. The molecule has 2 heterocycles. The number of nitrogens with zero attached hydrogens (tertiary/aromatic N) is 2. The Hall–Kier alpha value is -2.70. The number of pyridine rings is 1. The Bertz CT molecular complexity index is 610. The van der Waals surface area contributed by atoms with Crippen molar-refractivity contribution in [1.82, 2.24) is 20.3 Å². The number of amides is 1. The van der Waals surface area contributed by atoms with Gasteiger partial charge in [0, 0.05) is 24.0 Å². The minimum Gasteiger partial charge on any atom is -0.480 e. The number of aryl methyl sites for hydroxylation is 1. The highest BCUT2D eigenvalue weighted by molar-refractivity contribution is 5.95. The molecule has 0 saturated carbocycles. The zero-order chi connectivity index (χ0) is 14.5. The Morgan fingerprint density at radius 1 is 1.45 bits per heavy atom. The van der Waals surface area contributed by atoms with E-state index in [0.717, 1.165) is 0 Å². The van der Waals surface area contributed by atoms with Gasteiger partial charge in [-0.25, -0.2) is 14.8 Å². The Labute approximate surface area is 115 Å². The van der Waals surface area contributed by atoms with Crippen molar-refractivity contribution in [3.63, 3.8) is 0 Å². The molecular weight excluding hydrogens is 260 g/mol. The number of carbonyl (C=O) groups is 2. The van der Waals surface area contributed by atoms with E-state index < -0.39 is 17.9 Å². The van der Waals surface area contributed by atoms with Crippen LogP contribution in [0, 0.1) is 6.92 Å². The van der Waals surface area contributed by atoms with Crippen LogP contribution in [0.15, 0.2) is 30.7 Å². The van der Waals surface area contributed by atoms with E-state index in [4.69, 9.17) is 5.11 Å². The topological polar surface area (TPSA) is 108 Å². The number of aromatic nitrogens is 3. The zero-order valence-corrected chi connectivity index (χ0v) is 10.8. The quantitative estimate of drug-likeness (QED) is 0.737. The van der Waals surface area contributed by atoms with Crippen molar-refractivity contribution < 1.29 is 14.7 Å². The molecule has 2 aromatic rings. The fraction of sp³-hybridized carbons (Fsp3) is 0.231. The summed E-state index contributed by atoms with van der Waals surface area (Å²) in [6.45, 7) is 1.76. The molecule has 104 valence electrons. The molecule has 1 atom stereocenters. The molecule has 0 spiro atoms. The molecule has 3 N–H and O–H groups in total. The number of carboxylic acid groups (broad SMARTS) is 1. The molecule has 2 rings (SSSR count). The van der Waals surface area contributed by atoms with Crippen LogP contribution >= 0.6 is 0 Å². The van der Waals surface area contributed by atoms with Crippen LogP contribution in [0.1, 0.15) is 21.9 Å². The molecule has 2 aromatic heterocycles. The number of H-pyrrole nitrogens is 1. The molecule has 0 aliphatic rings. The highest BCUT2D eigenvalue weighted by Gasteiger charge is 2.22. The van der Waals surface area contributed by atoms with Crippen LogP contribution in [-0.2, 0) is 11.2 Å². The van der Waals surface area contributed by atoms with Crippen LogP contribution in [-0.4, -0.2) is 38.0 Å². The Morgan fingerprint density at radius 2 is 2.25 bits per heavy atom. The van der Waals surface area contributed by atoms with Gasteiger partial charge in [-0.2, -0.15) is 0 Å². The van der Waals surface area contributed by atoms with E-state index in [1.165, 1.54) is 18.6 Å². The largest absolute Gasteiger partial charge is 0.480 e. The van der Waals surface area contributed by atoms with Gasteiger partial charge < -0.3 is 15.4 Å². The zero-order valence-electron chi connectivity index (χ0n) is 10.8. The maximum Gasteiger partial charge on any atom is 0.326 e. The smallest absolute Gasteiger partial charge is 0.326 e. The molecule has 20 heavy (non-hydrogen) atoms. The third-order valence-corrected chi connectivity index (χ3v) is 2.70. The van der Waals surface area contributed by atoms with Crippen molar-refractivity contribution in [2.75, 3.05) is 0 Å². The second-order valence-electron chi connectivity index (χ2n) is 4.31. The molecule has 0 radical (unpaired) electrons. The molecular formula is C13H14N4O3. The average molecular weight is 274 g/mol. The van der Waals surface area contributed by atoms with Gasteiger partial charge in [0.15, 0.2) is 0 Å². The molecule has 0 aromatic carbocycles. The van der Waals surface area contributed by atoms with Crippen LogP contribution in [0.25, 0.3) is 0 Å². The van der Waals surface area contributed by atoms with Crippen LogP contribution < -0.4 is 5.32 Å². The standard InChI is InChI=1S/C13H14N4O3/c1-8-3-2-4-10(16-8)12(18)17-11(13(19)20)5-9-6-14-7-15-9/h2-4,6-7,11H,5H2,1H3,(H,14,15)(H,17,18)(H,19,20)/t11-/m1/s1. The summed E-state index contributed by atoms with van der Waals surface area (Å²) in [5.74, 6) is -1.62. The maximum absolute atomic E-state index is 12.0. The van der Waals surface area contributed by atoms with Crippen LogP contribution in [0.2, 0.25) is 0 Å². The van der Waals surface area contributed by atoms with E-state index >= 15 is 0 Å². The number of carboxylic acids is 1. The molecule has 0 aliphatic carbocycles. The SMILES string of the molecule is Cc1cccc(C(=O)N[C@H](Cc2cnc[nH]2)C(=O)O)n1. The lowest BCUT2D eigenvalue weighted by atomic mass is 10.1. The van der Waals surface area contributed by atoms with Crippen molar-refractivity contribution in [3.05, 3.63) is 47.8 Å². The predicted octanol–water partition coefficient (Wildman–Crippen LogP) is 0.539. The third-order valence-electron chi connectivity index (χ3n) is 2.70. The van der Waals surface area contributed by atoms with Crippen LogP contribution in [0.4, 0.5) is 0 Å². The van der Waals surface area contributed by atoms with E-state index in [1.807, 2.05) is 0 Å². The van der Waals surface area contributed by atoms with Crippen molar-refractivity contribution >= 4 is 11.9 Å². The second kappa shape index (κ2) is 5.96.